The third-order valence-electron chi connectivity index (χ3n) is 6.51. The van der Waals surface area contributed by atoms with Gasteiger partial charge in [0, 0.05) is 53.7 Å². The number of nitrogens with two attached hydrogens (primary N) is 1. The van der Waals surface area contributed by atoms with Gasteiger partial charge in [0.2, 0.25) is 0 Å². The second-order valence-corrected chi connectivity index (χ2v) is 13.2. The molecule has 0 aliphatic heterocycles. The Hall–Kier alpha value is -4.43. The maximum atomic E-state index is 13.3. The summed E-state index contributed by atoms with van der Waals surface area (Å²) >= 11 is 0. The van der Waals surface area contributed by atoms with E-state index in [4.69, 9.17) is 5.73 Å². The van der Waals surface area contributed by atoms with Crippen molar-refractivity contribution in [1.29, 1.82) is 0 Å². The average molecular weight is 632 g/mol. The van der Waals surface area contributed by atoms with Gasteiger partial charge in [-0.15, -0.1) is 0 Å². The summed E-state index contributed by atoms with van der Waals surface area (Å²) in [5.74, 6) is 6.16. The summed E-state index contributed by atoms with van der Waals surface area (Å²) in [7, 11) is -1.22. The quantitative estimate of drug-likeness (QED) is 0.130. The first-order valence-corrected chi connectivity index (χ1v) is 16.4. The number of hydrogen-bond acceptors (Lipinski definition) is 8. The predicted octanol–water partition coefficient (Wildman–Crippen LogP) is 5.50. The molecule has 0 fully saturated rings. The molecule has 3 atom stereocenters. The van der Waals surface area contributed by atoms with E-state index in [9.17, 15) is 19.2 Å². The molecule has 0 saturated heterocycles. The van der Waals surface area contributed by atoms with Gasteiger partial charge in [0.05, 0.1) is 21.1 Å². The van der Waals surface area contributed by atoms with Gasteiger partial charge in [-0.25, -0.2) is 4.21 Å². The van der Waals surface area contributed by atoms with Gasteiger partial charge in [-0.2, -0.15) is 9.46 Å². The number of aromatic nitrogens is 2. The Morgan fingerprint density at radius 1 is 1.27 bits per heavy atom. The van der Waals surface area contributed by atoms with Crippen LogP contribution in [0.2, 0.25) is 0 Å². The maximum Gasteiger partial charge on any atom is 0.190 e. The molecule has 0 amide bonds. The summed E-state index contributed by atoms with van der Waals surface area (Å²) in [6.45, 7) is 12.1. The van der Waals surface area contributed by atoms with Crippen molar-refractivity contribution in [3.05, 3.63) is 119 Å². The lowest BCUT2D eigenvalue weighted by molar-refractivity contribution is -0.116. The zero-order valence-electron chi connectivity index (χ0n) is 27.2. The molecular formula is C35H45N5O4S. The predicted molar refractivity (Wildman–Crippen MR) is 184 cm³/mol. The smallest absolute Gasteiger partial charge is 0.190 e. The highest BCUT2D eigenvalue weighted by atomic mass is 32.2. The number of ketones is 1. The Balaban J connectivity index is 2.31. The molecule has 0 saturated carbocycles. The Morgan fingerprint density at radius 3 is 2.56 bits per heavy atom. The number of nitrogens with one attached hydrogen (secondary N) is 1. The van der Waals surface area contributed by atoms with Crippen LogP contribution in [0.15, 0.2) is 106 Å². The minimum atomic E-state index is -2.99. The van der Waals surface area contributed by atoms with E-state index in [1.54, 1.807) is 36.9 Å². The van der Waals surface area contributed by atoms with Crippen LogP contribution in [0.3, 0.4) is 0 Å². The molecule has 2 aromatic rings. The van der Waals surface area contributed by atoms with Crippen LogP contribution < -0.4 is 11.1 Å². The molecule has 45 heavy (non-hydrogen) atoms. The Labute approximate surface area is 267 Å². The molecule has 9 nitrogen and oxygen atoms in total. The minimum absolute atomic E-state index is 0.0871. The number of allylic oxidation sites excluding steroid dienone is 7. The molecule has 0 spiro atoms. The molecule has 1 heterocycles. The molecule has 0 aliphatic carbocycles. The number of hydrogen-bond donors (Lipinski definition) is 4. The van der Waals surface area contributed by atoms with Crippen LogP contribution in [-0.2, 0) is 27.3 Å². The number of carbonyl (C=O) groups is 1. The molecule has 1 aromatic carbocycles. The van der Waals surface area contributed by atoms with Crippen LogP contribution in [0, 0.1) is 18.8 Å². The standard InChI is InChI=1S/C35H45N5O4S/c1-9-13-29(18-17-27(4)41)15-12-21-45(8,44)39-34(5,42)31(25-36)23-28(10-2)19-20-30-14-11-16-32(24-30)37-35(6,43)33-22-26(3)38-40(33)7/h9-16,21-25,37,42-43H,2,17-18,36H2,1,3-8H3/b13-9-,21-12+,28-23+,29-15+,31-25+. The topological polar surface area (TPSA) is 143 Å². The molecule has 0 aliphatic rings. The highest BCUT2D eigenvalue weighted by molar-refractivity contribution is 7.95. The van der Waals surface area contributed by atoms with E-state index in [1.807, 2.05) is 50.3 Å². The van der Waals surface area contributed by atoms with E-state index in [0.29, 0.717) is 35.4 Å². The van der Waals surface area contributed by atoms with Crippen LogP contribution in [0.5, 0.6) is 0 Å². The number of carbonyl (C=O) groups excluding carboxylic acids is 1. The van der Waals surface area contributed by atoms with Crippen molar-refractivity contribution in [3.8, 4) is 11.8 Å². The van der Waals surface area contributed by atoms with Crippen molar-refractivity contribution in [2.45, 2.75) is 58.9 Å². The van der Waals surface area contributed by atoms with Crippen molar-refractivity contribution in [2.24, 2.45) is 17.1 Å². The Bertz CT molecular complexity index is 1730. The van der Waals surface area contributed by atoms with E-state index >= 15 is 0 Å². The van der Waals surface area contributed by atoms with Crippen LogP contribution in [-0.4, -0.2) is 42.0 Å². The molecule has 5 N–H and O–H groups in total. The summed E-state index contributed by atoms with van der Waals surface area (Å²) in [5, 5.41) is 31.1. The largest absolute Gasteiger partial charge is 0.404 e. The van der Waals surface area contributed by atoms with Crippen LogP contribution in [0.4, 0.5) is 5.69 Å². The van der Waals surface area contributed by atoms with Gasteiger partial charge >= 0.3 is 0 Å². The Morgan fingerprint density at radius 2 is 1.98 bits per heavy atom. The second-order valence-electron chi connectivity index (χ2n) is 11.0. The third-order valence-corrected chi connectivity index (χ3v) is 7.89. The van der Waals surface area contributed by atoms with Gasteiger partial charge in [-0.1, -0.05) is 54.9 Å². The first-order chi connectivity index (χ1) is 21.0. The summed E-state index contributed by atoms with van der Waals surface area (Å²) < 4.78 is 19.1. The first kappa shape index (κ1) is 36.8. The SMILES string of the molecule is C=C/C(C#Cc1cccc(NC(C)(O)c2cc(C)nn2C)c1)=C\C(=C/N)C(C)(O)N=S(C)(=O)/C=C/C=C(\C=C/C)CCC(C)=O. The number of anilines is 1. The molecular weight excluding hydrogens is 586 g/mol. The second kappa shape index (κ2) is 16.0. The highest BCUT2D eigenvalue weighted by Crippen LogP contribution is 2.25. The lowest BCUT2D eigenvalue weighted by Gasteiger charge is -2.26. The molecule has 240 valence electrons. The fourth-order valence-electron chi connectivity index (χ4n) is 4.39. The lowest BCUT2D eigenvalue weighted by atomic mass is 10.0. The number of aliphatic hydroxyl groups is 2. The molecule has 0 radical (unpaired) electrons. The summed E-state index contributed by atoms with van der Waals surface area (Å²) in [6, 6.07) is 9.06. The van der Waals surface area contributed by atoms with Gasteiger partial charge in [-0.3, -0.25) is 4.68 Å². The van der Waals surface area contributed by atoms with Gasteiger partial charge < -0.3 is 26.1 Å². The number of Topliss-reactive ketones (excluding diaryl/α,β-unsaturated/α-hetero) is 1. The van der Waals surface area contributed by atoms with E-state index < -0.39 is 21.2 Å². The molecule has 1 aromatic heterocycles. The van der Waals surface area contributed by atoms with Crippen LogP contribution >= 0.6 is 0 Å². The van der Waals surface area contributed by atoms with Crippen LogP contribution in [0.25, 0.3) is 0 Å². The summed E-state index contributed by atoms with van der Waals surface area (Å²) in [4.78, 5) is 11.4. The van der Waals surface area contributed by atoms with E-state index in [2.05, 4.69) is 33.2 Å². The van der Waals surface area contributed by atoms with E-state index in [0.717, 1.165) is 11.3 Å². The molecule has 2 rings (SSSR count). The van der Waals surface area contributed by atoms with Crippen molar-refractivity contribution in [1.82, 2.24) is 9.78 Å². The van der Waals surface area contributed by atoms with Crippen molar-refractivity contribution in [2.75, 3.05) is 11.6 Å². The number of rotatable bonds is 13. The van der Waals surface area contributed by atoms with Gasteiger partial charge in [-0.05, 0) is 77.0 Å². The van der Waals surface area contributed by atoms with Gasteiger partial charge in [0.1, 0.15) is 5.78 Å². The first-order valence-electron chi connectivity index (χ1n) is 14.4. The average Bonchev–Trinajstić information content (AvgIpc) is 3.29. The fraction of sp³-hybridized carbons (Fsp3) is 0.314. The zero-order valence-corrected chi connectivity index (χ0v) is 28.0. The van der Waals surface area contributed by atoms with Crippen molar-refractivity contribution < 1.29 is 19.2 Å². The molecule has 10 heteroatoms. The highest BCUT2D eigenvalue weighted by Gasteiger charge is 2.27. The Kier molecular flexibility index (Phi) is 13.1. The number of aryl methyl sites for hydroxylation is 2. The number of nitrogens with zero attached hydrogens (tertiary/aromatic N) is 3. The zero-order chi connectivity index (χ0) is 33.8. The van der Waals surface area contributed by atoms with Gasteiger partial charge in [0.15, 0.2) is 11.4 Å². The monoisotopic (exact) mass is 631 g/mol. The molecule has 0 bridgehead atoms. The summed E-state index contributed by atoms with van der Waals surface area (Å²) in [6.07, 6.45) is 13.8. The third kappa shape index (κ3) is 11.9. The lowest BCUT2D eigenvalue weighted by Crippen LogP contribution is -2.33. The van der Waals surface area contributed by atoms with Crippen LogP contribution in [0.1, 0.15) is 57.5 Å². The van der Waals surface area contributed by atoms with Gasteiger partial charge in [0.25, 0.3) is 0 Å². The fourth-order valence-corrected chi connectivity index (χ4v) is 5.63. The van der Waals surface area contributed by atoms with Crippen molar-refractivity contribution in [3.63, 3.8) is 0 Å². The van der Waals surface area contributed by atoms with E-state index in [-0.39, 0.29) is 11.4 Å². The normalized spacial score (nSPS) is 16.8. The minimum Gasteiger partial charge on any atom is -0.404 e. The van der Waals surface area contributed by atoms with Crippen molar-refractivity contribution >= 4 is 21.2 Å². The maximum absolute atomic E-state index is 13.3. The summed E-state index contributed by atoms with van der Waals surface area (Å²) in [5.41, 5.74) is 6.82. The number of benzene rings is 1. The van der Waals surface area contributed by atoms with E-state index in [1.165, 1.54) is 43.9 Å². The molecule has 3 unspecified atom stereocenters.